The molecule has 1 atom stereocenters. The predicted molar refractivity (Wildman–Crippen MR) is 91.4 cm³/mol. The molecule has 0 bridgehead atoms. The van der Waals surface area contributed by atoms with Crippen molar-refractivity contribution < 1.29 is 9.53 Å². The van der Waals surface area contributed by atoms with E-state index >= 15 is 0 Å². The maximum absolute atomic E-state index is 12.3. The van der Waals surface area contributed by atoms with Gasteiger partial charge in [0.25, 0.3) is 11.5 Å². The summed E-state index contributed by atoms with van der Waals surface area (Å²) in [5, 5.41) is 7.09. The number of amides is 1. The third kappa shape index (κ3) is 3.64. The minimum Gasteiger partial charge on any atom is -0.376 e. The molecule has 3 rings (SSSR count). The summed E-state index contributed by atoms with van der Waals surface area (Å²) < 4.78 is 7.28. The average Bonchev–Trinajstić information content (AvgIpc) is 3.12. The van der Waals surface area contributed by atoms with Crippen LogP contribution in [0.3, 0.4) is 0 Å². The Kier molecular flexibility index (Phi) is 5.00. The second-order valence-electron chi connectivity index (χ2n) is 5.73. The molecule has 8 nitrogen and oxygen atoms in total. The van der Waals surface area contributed by atoms with Gasteiger partial charge in [-0.25, -0.2) is 4.79 Å². The van der Waals surface area contributed by atoms with Crippen molar-refractivity contribution in [3.8, 4) is 5.69 Å². The Morgan fingerprint density at radius 3 is 2.72 bits per heavy atom. The molecule has 0 aliphatic carbocycles. The quantitative estimate of drug-likeness (QED) is 0.852. The lowest BCUT2D eigenvalue weighted by Gasteiger charge is -2.12. The monoisotopic (exact) mass is 364 g/mol. The van der Waals surface area contributed by atoms with Crippen LogP contribution in [-0.4, -0.2) is 39.5 Å². The molecule has 1 aromatic carbocycles. The summed E-state index contributed by atoms with van der Waals surface area (Å²) in [4.78, 5) is 36.9. The molecular weight excluding hydrogens is 348 g/mol. The number of nitrogens with one attached hydrogen (secondary N) is 1. The van der Waals surface area contributed by atoms with Crippen LogP contribution in [0.25, 0.3) is 5.69 Å². The number of hydrogen-bond acceptors (Lipinski definition) is 5. The van der Waals surface area contributed by atoms with Gasteiger partial charge >= 0.3 is 5.69 Å². The number of ether oxygens (including phenoxy) is 1. The molecule has 2 aromatic rings. The second kappa shape index (κ2) is 7.20. The Morgan fingerprint density at radius 1 is 1.36 bits per heavy atom. The van der Waals surface area contributed by atoms with Gasteiger partial charge in [0.05, 0.1) is 11.8 Å². The highest BCUT2D eigenvalue weighted by molar-refractivity contribution is 6.30. The molecule has 1 amide bonds. The zero-order chi connectivity index (χ0) is 18.0. The third-order valence-electron chi connectivity index (χ3n) is 3.98. The molecule has 1 aliphatic rings. The van der Waals surface area contributed by atoms with Crippen molar-refractivity contribution in [2.24, 2.45) is 7.05 Å². The molecule has 132 valence electrons. The second-order valence-corrected chi connectivity index (χ2v) is 6.17. The molecule has 0 radical (unpaired) electrons. The summed E-state index contributed by atoms with van der Waals surface area (Å²) in [6.07, 6.45) is 1.74. The Morgan fingerprint density at radius 2 is 2.08 bits per heavy atom. The van der Waals surface area contributed by atoms with Gasteiger partial charge in [-0.05, 0) is 37.1 Å². The van der Waals surface area contributed by atoms with Gasteiger partial charge in [0.15, 0.2) is 0 Å². The average molecular weight is 365 g/mol. The Balaban J connectivity index is 1.93. The van der Waals surface area contributed by atoms with Crippen molar-refractivity contribution in [1.82, 2.24) is 19.7 Å². The van der Waals surface area contributed by atoms with Crippen LogP contribution in [-0.2, 0) is 11.8 Å². The molecule has 1 saturated heterocycles. The number of nitrogens with zero attached hydrogens (tertiary/aromatic N) is 3. The fraction of sp³-hybridized carbons (Fsp3) is 0.375. The topological polar surface area (TPSA) is 95.2 Å². The minimum atomic E-state index is -0.750. The van der Waals surface area contributed by atoms with E-state index in [2.05, 4.69) is 10.4 Å². The molecule has 1 aromatic heterocycles. The SMILES string of the molecule is Cn1c(=O)c(C(=O)NCC2CCCO2)nn(-c2ccc(Cl)cc2)c1=O. The molecule has 9 heteroatoms. The van der Waals surface area contributed by atoms with E-state index in [4.69, 9.17) is 16.3 Å². The first-order valence-electron chi connectivity index (χ1n) is 7.83. The van der Waals surface area contributed by atoms with Gasteiger partial charge in [0.2, 0.25) is 5.69 Å². The molecule has 1 N–H and O–H groups in total. The highest BCUT2D eigenvalue weighted by Gasteiger charge is 2.21. The molecular formula is C16H17ClN4O4. The summed E-state index contributed by atoms with van der Waals surface area (Å²) in [5.74, 6) is -0.640. The fourth-order valence-electron chi connectivity index (χ4n) is 2.56. The van der Waals surface area contributed by atoms with Gasteiger partial charge < -0.3 is 10.1 Å². The lowest BCUT2D eigenvalue weighted by atomic mass is 10.2. The van der Waals surface area contributed by atoms with Crippen molar-refractivity contribution >= 4 is 17.5 Å². The van der Waals surface area contributed by atoms with Crippen LogP contribution in [0.2, 0.25) is 5.02 Å². The normalized spacial score (nSPS) is 16.8. The van der Waals surface area contributed by atoms with E-state index in [1.807, 2.05) is 0 Å². The highest BCUT2D eigenvalue weighted by atomic mass is 35.5. The number of halogens is 1. The Labute approximate surface area is 148 Å². The van der Waals surface area contributed by atoms with Gasteiger partial charge in [-0.1, -0.05) is 11.6 Å². The zero-order valence-corrected chi connectivity index (χ0v) is 14.3. The summed E-state index contributed by atoms with van der Waals surface area (Å²) in [6, 6.07) is 6.34. The smallest absolute Gasteiger partial charge is 0.351 e. The van der Waals surface area contributed by atoms with E-state index in [0.717, 1.165) is 22.1 Å². The van der Waals surface area contributed by atoms with Crippen LogP contribution in [0.4, 0.5) is 0 Å². The first kappa shape index (κ1) is 17.4. The zero-order valence-electron chi connectivity index (χ0n) is 13.6. The maximum atomic E-state index is 12.3. The van der Waals surface area contributed by atoms with Crippen LogP contribution in [0.1, 0.15) is 23.3 Å². The lowest BCUT2D eigenvalue weighted by molar-refractivity contribution is 0.0850. The third-order valence-corrected chi connectivity index (χ3v) is 4.23. The van der Waals surface area contributed by atoms with Crippen molar-refractivity contribution in [3.63, 3.8) is 0 Å². The Bertz CT molecular complexity index is 898. The van der Waals surface area contributed by atoms with Crippen molar-refractivity contribution in [2.75, 3.05) is 13.2 Å². The van der Waals surface area contributed by atoms with Crippen LogP contribution in [0.5, 0.6) is 0 Å². The fourth-order valence-corrected chi connectivity index (χ4v) is 2.69. The van der Waals surface area contributed by atoms with Crippen LogP contribution < -0.4 is 16.6 Å². The molecule has 1 aliphatic heterocycles. The maximum Gasteiger partial charge on any atom is 0.351 e. The van der Waals surface area contributed by atoms with E-state index in [0.29, 0.717) is 23.9 Å². The predicted octanol–water partition coefficient (Wildman–Crippen LogP) is 0.493. The van der Waals surface area contributed by atoms with Crippen molar-refractivity contribution in [2.45, 2.75) is 18.9 Å². The number of hydrogen-bond donors (Lipinski definition) is 1. The summed E-state index contributed by atoms with van der Waals surface area (Å²) in [7, 11) is 1.30. The van der Waals surface area contributed by atoms with Gasteiger partial charge in [-0.15, -0.1) is 0 Å². The molecule has 0 saturated carbocycles. The van der Waals surface area contributed by atoms with E-state index < -0.39 is 17.2 Å². The van der Waals surface area contributed by atoms with Crippen LogP contribution >= 0.6 is 11.6 Å². The molecule has 25 heavy (non-hydrogen) atoms. The number of carbonyl (C=O) groups excluding carboxylic acids is 1. The minimum absolute atomic E-state index is 0.0602. The van der Waals surface area contributed by atoms with E-state index in [1.54, 1.807) is 24.3 Å². The molecule has 1 unspecified atom stereocenters. The number of rotatable bonds is 4. The molecule has 2 heterocycles. The van der Waals surface area contributed by atoms with E-state index in [1.165, 1.54) is 7.05 Å². The van der Waals surface area contributed by atoms with E-state index in [9.17, 15) is 14.4 Å². The number of carbonyl (C=O) groups is 1. The Hall–Kier alpha value is -2.45. The first-order chi connectivity index (χ1) is 12.0. The molecule has 1 fully saturated rings. The summed E-state index contributed by atoms with van der Waals surface area (Å²) >= 11 is 5.84. The van der Waals surface area contributed by atoms with Crippen LogP contribution in [0.15, 0.2) is 33.9 Å². The van der Waals surface area contributed by atoms with Gasteiger partial charge in [-0.2, -0.15) is 9.78 Å². The summed E-state index contributed by atoms with van der Waals surface area (Å²) in [6.45, 7) is 0.964. The van der Waals surface area contributed by atoms with Gasteiger partial charge in [-0.3, -0.25) is 14.2 Å². The first-order valence-corrected chi connectivity index (χ1v) is 8.21. The summed E-state index contributed by atoms with van der Waals surface area (Å²) in [5.41, 5.74) is -1.35. The van der Waals surface area contributed by atoms with Crippen molar-refractivity contribution in [1.29, 1.82) is 0 Å². The lowest BCUT2D eigenvalue weighted by Crippen LogP contribution is -2.45. The van der Waals surface area contributed by atoms with Crippen LogP contribution in [0, 0.1) is 0 Å². The van der Waals surface area contributed by atoms with Crippen molar-refractivity contribution in [3.05, 3.63) is 55.8 Å². The van der Waals surface area contributed by atoms with Gasteiger partial charge in [0, 0.05) is 25.2 Å². The van der Waals surface area contributed by atoms with Gasteiger partial charge in [0.1, 0.15) is 0 Å². The van der Waals surface area contributed by atoms with E-state index in [-0.39, 0.29) is 11.8 Å². The number of aromatic nitrogens is 3. The molecule has 0 spiro atoms. The largest absolute Gasteiger partial charge is 0.376 e. The highest BCUT2D eigenvalue weighted by Crippen LogP contribution is 2.12. The number of benzene rings is 1. The standard InChI is InChI=1S/C16H17ClN4O4/c1-20-15(23)13(14(22)18-9-12-3-2-8-25-12)19-21(16(20)24)11-6-4-10(17)5-7-11/h4-7,12H,2-3,8-9H2,1H3,(H,18,22).